The van der Waals surface area contributed by atoms with Gasteiger partial charge in [-0.25, -0.2) is 0 Å². The average Bonchev–Trinajstić information content (AvgIpc) is 2.63. The smallest absolute Gasteiger partial charge is 0.163 e. The van der Waals surface area contributed by atoms with Gasteiger partial charge < -0.3 is 10.3 Å². The summed E-state index contributed by atoms with van der Waals surface area (Å²) in [7, 11) is 0. The van der Waals surface area contributed by atoms with E-state index in [1.807, 2.05) is 23.6 Å². The number of nitrogens with zero attached hydrogens (tertiary/aromatic N) is 3. The van der Waals surface area contributed by atoms with Gasteiger partial charge in [-0.3, -0.25) is 0 Å². The lowest BCUT2D eigenvalue weighted by Gasteiger charge is -2.06. The van der Waals surface area contributed by atoms with Crippen LogP contribution in [0.2, 0.25) is 5.02 Å². The molecule has 0 fully saturated rings. The van der Waals surface area contributed by atoms with Crippen LogP contribution in [0.15, 0.2) is 18.2 Å². The second-order valence-corrected chi connectivity index (χ2v) is 3.96. The number of anilines is 1. The van der Waals surface area contributed by atoms with Gasteiger partial charge in [-0.1, -0.05) is 11.6 Å². The third kappa shape index (κ3) is 1.76. The van der Waals surface area contributed by atoms with Gasteiger partial charge in [-0.15, -0.1) is 10.2 Å². The number of benzene rings is 1. The SMILES string of the molecule is CCn1c(C)nnc1-c1ccc(N)c(Cl)c1. The van der Waals surface area contributed by atoms with E-state index in [0.29, 0.717) is 10.7 Å². The minimum atomic E-state index is 0.542. The van der Waals surface area contributed by atoms with Crippen molar-refractivity contribution in [2.24, 2.45) is 0 Å². The third-order valence-electron chi connectivity index (χ3n) is 2.51. The first-order valence-electron chi connectivity index (χ1n) is 5.08. The number of nitrogens with two attached hydrogens (primary N) is 1. The van der Waals surface area contributed by atoms with Crippen LogP contribution in [0.3, 0.4) is 0 Å². The maximum absolute atomic E-state index is 5.98. The van der Waals surface area contributed by atoms with Crippen LogP contribution in [0.25, 0.3) is 11.4 Å². The summed E-state index contributed by atoms with van der Waals surface area (Å²) >= 11 is 5.98. The normalized spacial score (nSPS) is 10.7. The van der Waals surface area contributed by atoms with E-state index in [1.165, 1.54) is 0 Å². The summed E-state index contributed by atoms with van der Waals surface area (Å²) in [5.74, 6) is 1.72. The van der Waals surface area contributed by atoms with Crippen LogP contribution >= 0.6 is 11.6 Å². The Labute approximate surface area is 99.1 Å². The van der Waals surface area contributed by atoms with Crippen molar-refractivity contribution < 1.29 is 0 Å². The van der Waals surface area contributed by atoms with Gasteiger partial charge in [0.25, 0.3) is 0 Å². The summed E-state index contributed by atoms with van der Waals surface area (Å²) < 4.78 is 2.03. The molecule has 2 aromatic rings. The van der Waals surface area contributed by atoms with Gasteiger partial charge in [0.1, 0.15) is 5.82 Å². The number of nitrogen functional groups attached to an aromatic ring is 1. The molecule has 0 spiro atoms. The van der Waals surface area contributed by atoms with E-state index in [2.05, 4.69) is 17.1 Å². The molecule has 1 heterocycles. The molecule has 2 N–H and O–H groups in total. The first-order chi connectivity index (χ1) is 7.63. The average molecular weight is 237 g/mol. The fraction of sp³-hybridized carbons (Fsp3) is 0.273. The van der Waals surface area contributed by atoms with Crippen molar-refractivity contribution in [3.05, 3.63) is 29.0 Å². The van der Waals surface area contributed by atoms with Crippen LogP contribution in [0, 0.1) is 6.92 Å². The van der Waals surface area contributed by atoms with Gasteiger partial charge in [0, 0.05) is 12.1 Å². The summed E-state index contributed by atoms with van der Waals surface area (Å²) in [5.41, 5.74) is 7.17. The lowest BCUT2D eigenvalue weighted by molar-refractivity contribution is 0.737. The Kier molecular flexibility index (Phi) is 2.83. The molecule has 0 amide bonds. The molecule has 1 aromatic heterocycles. The Hall–Kier alpha value is -1.55. The van der Waals surface area contributed by atoms with E-state index < -0.39 is 0 Å². The van der Waals surface area contributed by atoms with Crippen LogP contribution in [-0.4, -0.2) is 14.8 Å². The number of aromatic nitrogens is 3. The highest BCUT2D eigenvalue weighted by Crippen LogP contribution is 2.26. The minimum Gasteiger partial charge on any atom is -0.398 e. The fourth-order valence-electron chi connectivity index (χ4n) is 1.64. The molecule has 0 aliphatic carbocycles. The van der Waals surface area contributed by atoms with Gasteiger partial charge in [0.2, 0.25) is 0 Å². The number of rotatable bonds is 2. The predicted molar refractivity (Wildman–Crippen MR) is 65.3 cm³/mol. The second kappa shape index (κ2) is 4.14. The molecule has 1 aromatic carbocycles. The quantitative estimate of drug-likeness (QED) is 0.816. The molecule has 0 saturated heterocycles. The summed E-state index contributed by atoms with van der Waals surface area (Å²) in [6.45, 7) is 4.81. The van der Waals surface area contributed by atoms with Crippen LogP contribution in [-0.2, 0) is 6.54 Å². The number of hydrogen-bond donors (Lipinski definition) is 1. The van der Waals surface area contributed by atoms with E-state index in [4.69, 9.17) is 17.3 Å². The van der Waals surface area contributed by atoms with E-state index in [1.54, 1.807) is 6.07 Å². The molecule has 16 heavy (non-hydrogen) atoms. The summed E-state index contributed by atoms with van der Waals surface area (Å²) in [6, 6.07) is 5.49. The van der Waals surface area contributed by atoms with Crippen molar-refractivity contribution >= 4 is 17.3 Å². The van der Waals surface area contributed by atoms with Gasteiger partial charge >= 0.3 is 0 Å². The van der Waals surface area contributed by atoms with Crippen molar-refractivity contribution in [1.82, 2.24) is 14.8 Å². The highest BCUT2D eigenvalue weighted by molar-refractivity contribution is 6.33. The van der Waals surface area contributed by atoms with Crippen LogP contribution in [0.1, 0.15) is 12.7 Å². The zero-order valence-electron chi connectivity index (χ0n) is 9.24. The monoisotopic (exact) mass is 236 g/mol. The van der Waals surface area contributed by atoms with Crippen molar-refractivity contribution in [1.29, 1.82) is 0 Å². The third-order valence-corrected chi connectivity index (χ3v) is 2.84. The van der Waals surface area contributed by atoms with Crippen molar-refractivity contribution in [3.63, 3.8) is 0 Å². The maximum Gasteiger partial charge on any atom is 0.163 e. The topological polar surface area (TPSA) is 56.7 Å². The Morgan fingerprint density at radius 3 is 2.75 bits per heavy atom. The molecular weight excluding hydrogens is 224 g/mol. The van der Waals surface area contributed by atoms with Gasteiger partial charge in [0.05, 0.1) is 10.7 Å². The van der Waals surface area contributed by atoms with Crippen molar-refractivity contribution in [3.8, 4) is 11.4 Å². The predicted octanol–water partition coefficient (Wildman–Crippen LogP) is 2.51. The molecule has 4 nitrogen and oxygen atoms in total. The summed E-state index contributed by atoms with van der Waals surface area (Å²) in [5, 5.41) is 8.74. The molecule has 0 saturated carbocycles. The minimum absolute atomic E-state index is 0.542. The molecule has 0 unspecified atom stereocenters. The molecule has 0 atom stereocenters. The zero-order valence-corrected chi connectivity index (χ0v) is 9.99. The van der Waals surface area contributed by atoms with Crippen LogP contribution in [0.5, 0.6) is 0 Å². The van der Waals surface area contributed by atoms with E-state index >= 15 is 0 Å². The van der Waals surface area contributed by atoms with E-state index in [-0.39, 0.29) is 0 Å². The molecule has 2 rings (SSSR count). The molecule has 0 aliphatic rings. The Bertz CT molecular complexity index is 519. The molecule has 0 aliphatic heterocycles. The van der Waals surface area contributed by atoms with Crippen molar-refractivity contribution in [2.75, 3.05) is 5.73 Å². The Morgan fingerprint density at radius 2 is 2.12 bits per heavy atom. The highest BCUT2D eigenvalue weighted by atomic mass is 35.5. The summed E-state index contributed by atoms with van der Waals surface area (Å²) in [4.78, 5) is 0. The van der Waals surface area contributed by atoms with E-state index in [9.17, 15) is 0 Å². The lowest BCUT2D eigenvalue weighted by Crippen LogP contribution is -2.00. The molecule has 84 valence electrons. The largest absolute Gasteiger partial charge is 0.398 e. The highest BCUT2D eigenvalue weighted by Gasteiger charge is 2.10. The second-order valence-electron chi connectivity index (χ2n) is 3.55. The Morgan fingerprint density at radius 1 is 1.38 bits per heavy atom. The summed E-state index contributed by atoms with van der Waals surface area (Å²) in [6.07, 6.45) is 0. The van der Waals surface area contributed by atoms with Crippen LogP contribution in [0.4, 0.5) is 5.69 Å². The number of halogens is 1. The molecule has 0 radical (unpaired) electrons. The zero-order chi connectivity index (χ0) is 11.7. The lowest BCUT2D eigenvalue weighted by atomic mass is 10.2. The number of hydrogen-bond acceptors (Lipinski definition) is 3. The van der Waals surface area contributed by atoms with Gasteiger partial charge in [-0.2, -0.15) is 0 Å². The first kappa shape index (κ1) is 11.0. The standard InChI is InChI=1S/C11H13ClN4/c1-3-16-7(2)14-15-11(16)8-4-5-10(13)9(12)6-8/h4-6H,3,13H2,1-2H3. The molecule has 5 heteroatoms. The fourth-order valence-corrected chi connectivity index (χ4v) is 1.82. The number of aryl methyl sites for hydroxylation is 1. The van der Waals surface area contributed by atoms with Gasteiger partial charge in [-0.05, 0) is 32.0 Å². The van der Waals surface area contributed by atoms with Crippen LogP contribution < -0.4 is 5.73 Å². The van der Waals surface area contributed by atoms with Gasteiger partial charge in [0.15, 0.2) is 5.82 Å². The van der Waals surface area contributed by atoms with E-state index in [0.717, 1.165) is 23.8 Å². The maximum atomic E-state index is 5.98. The molecular formula is C11H13ClN4. The Balaban J connectivity index is 2.54. The van der Waals surface area contributed by atoms with Crippen molar-refractivity contribution in [2.45, 2.75) is 20.4 Å². The first-order valence-corrected chi connectivity index (χ1v) is 5.46. The molecule has 0 bridgehead atoms.